The second kappa shape index (κ2) is 10.9. The largest absolute Gasteiger partial charge is 0.493 e. The van der Waals surface area contributed by atoms with E-state index in [-0.39, 0.29) is 12.5 Å². The van der Waals surface area contributed by atoms with Crippen LogP contribution < -0.4 is 15.0 Å². The predicted octanol–water partition coefficient (Wildman–Crippen LogP) is 4.07. The number of fused-ring (bicyclic) bond motifs is 1. The average molecular weight is 392 g/mol. The Kier molecular flexibility index (Phi) is 8.57. The molecule has 2 aliphatic rings. The highest BCUT2D eigenvalue weighted by Crippen LogP contribution is 2.37. The Hall–Kier alpha value is -2.28. The number of hydroxylamine groups is 1. The highest BCUT2D eigenvalue weighted by atomic mass is 16.5. The lowest BCUT2D eigenvalue weighted by Gasteiger charge is -2.26. The van der Waals surface area contributed by atoms with Crippen LogP contribution in [-0.2, 0) is 11.2 Å². The Morgan fingerprint density at radius 2 is 1.79 bits per heavy atom. The van der Waals surface area contributed by atoms with Crippen molar-refractivity contribution >= 4 is 11.6 Å². The van der Waals surface area contributed by atoms with Crippen molar-refractivity contribution in [3.63, 3.8) is 0 Å². The molecule has 28 heavy (non-hydrogen) atoms. The zero-order chi connectivity index (χ0) is 20.5. The van der Waals surface area contributed by atoms with E-state index in [9.17, 15) is 10.0 Å². The fraction of sp³-hybridized carbons (Fsp3) is 0.619. The van der Waals surface area contributed by atoms with Crippen LogP contribution in [0.4, 0.5) is 0 Å². The summed E-state index contributed by atoms with van der Waals surface area (Å²) in [4.78, 5) is 11.8. The number of hydrogen-bond acceptors (Lipinski definition) is 6. The molecule has 7 heteroatoms. The summed E-state index contributed by atoms with van der Waals surface area (Å²) in [5, 5.41) is 21.6. The molecular weight excluding hydrogens is 360 g/mol. The molecule has 1 unspecified atom stereocenters. The van der Waals surface area contributed by atoms with Crippen LogP contribution in [0.25, 0.3) is 0 Å². The Bertz CT molecular complexity index is 682. The maximum atomic E-state index is 11.8. The van der Waals surface area contributed by atoms with Gasteiger partial charge in [0.2, 0.25) is 5.91 Å². The molecule has 3 rings (SSSR count). The van der Waals surface area contributed by atoms with Crippen LogP contribution in [0, 0.1) is 5.92 Å². The maximum absolute atomic E-state index is 11.8. The number of amides is 1. The first kappa shape index (κ1) is 22.0. The molecule has 0 saturated heterocycles. The van der Waals surface area contributed by atoms with Gasteiger partial charge in [0.25, 0.3) is 0 Å². The number of nitrogens with zero attached hydrogens (tertiary/aromatic N) is 1. The molecule has 0 aliphatic heterocycles. The van der Waals surface area contributed by atoms with Crippen LogP contribution in [0.5, 0.6) is 11.5 Å². The van der Waals surface area contributed by atoms with Crippen molar-refractivity contribution < 1.29 is 24.7 Å². The van der Waals surface area contributed by atoms with E-state index in [4.69, 9.17) is 14.7 Å². The minimum atomic E-state index is -0.488. The van der Waals surface area contributed by atoms with Gasteiger partial charge in [-0.3, -0.25) is 10.0 Å². The number of benzene rings is 1. The van der Waals surface area contributed by atoms with Gasteiger partial charge >= 0.3 is 0 Å². The van der Waals surface area contributed by atoms with E-state index < -0.39 is 11.8 Å². The number of rotatable bonds is 4. The van der Waals surface area contributed by atoms with Crippen molar-refractivity contribution in [1.82, 2.24) is 5.48 Å². The summed E-state index contributed by atoms with van der Waals surface area (Å²) >= 11 is 0. The normalized spacial score (nSPS) is 21.0. The second-order valence-corrected chi connectivity index (χ2v) is 7.02. The lowest BCUT2D eigenvalue weighted by Crippen LogP contribution is -2.34. The smallest absolute Gasteiger partial charge is 0.247 e. The van der Waals surface area contributed by atoms with Crippen LogP contribution in [-0.4, -0.2) is 35.2 Å². The summed E-state index contributed by atoms with van der Waals surface area (Å²) in [6.45, 7) is 4.00. The van der Waals surface area contributed by atoms with Crippen molar-refractivity contribution in [2.45, 2.75) is 71.3 Å². The van der Waals surface area contributed by atoms with E-state index in [0.29, 0.717) is 23.6 Å². The number of nitrogens with one attached hydrogen (secondary N) is 1. The van der Waals surface area contributed by atoms with E-state index >= 15 is 0 Å². The van der Waals surface area contributed by atoms with E-state index in [0.717, 1.165) is 36.8 Å². The molecule has 1 aromatic rings. The van der Waals surface area contributed by atoms with Gasteiger partial charge in [0, 0.05) is 17.9 Å². The van der Waals surface area contributed by atoms with Crippen LogP contribution in [0.3, 0.4) is 0 Å². The Morgan fingerprint density at radius 3 is 2.36 bits per heavy atom. The third kappa shape index (κ3) is 5.16. The third-order valence-corrected chi connectivity index (χ3v) is 5.30. The van der Waals surface area contributed by atoms with Gasteiger partial charge < -0.3 is 14.7 Å². The van der Waals surface area contributed by atoms with Gasteiger partial charge in [0.15, 0.2) is 11.5 Å². The van der Waals surface area contributed by atoms with Crippen LogP contribution in [0.1, 0.15) is 69.9 Å². The number of carbonyl (C=O) groups excluding carboxylic acids is 1. The highest BCUT2D eigenvalue weighted by Gasteiger charge is 2.31. The molecule has 0 bridgehead atoms. The minimum absolute atomic E-state index is 0.163. The van der Waals surface area contributed by atoms with Crippen molar-refractivity contribution in [2.75, 3.05) is 7.11 Å². The van der Waals surface area contributed by atoms with Crippen LogP contribution >= 0.6 is 0 Å². The molecule has 156 valence electrons. The third-order valence-electron chi connectivity index (χ3n) is 5.30. The zero-order valence-corrected chi connectivity index (χ0v) is 17.0. The number of methoxy groups -OCH3 is 1. The van der Waals surface area contributed by atoms with E-state index in [1.165, 1.54) is 12.8 Å². The topological polar surface area (TPSA) is 100 Å². The Morgan fingerprint density at radius 1 is 1.11 bits per heavy atom. The van der Waals surface area contributed by atoms with Crippen LogP contribution in [0.15, 0.2) is 17.3 Å². The molecule has 1 fully saturated rings. The number of oxime groups is 1. The molecule has 1 atom stereocenters. The summed E-state index contributed by atoms with van der Waals surface area (Å²) in [7, 11) is 1.59. The van der Waals surface area contributed by atoms with Gasteiger partial charge in [0.1, 0.15) is 0 Å². The van der Waals surface area contributed by atoms with E-state index in [2.05, 4.69) is 5.16 Å². The summed E-state index contributed by atoms with van der Waals surface area (Å²) < 4.78 is 11.7. The lowest BCUT2D eigenvalue weighted by atomic mass is 9.82. The molecule has 0 aromatic heterocycles. The quantitative estimate of drug-likeness (QED) is 0.310. The molecule has 0 radical (unpaired) electrons. The first-order valence-corrected chi connectivity index (χ1v) is 10.2. The molecular formula is C21H32N2O5. The van der Waals surface area contributed by atoms with Gasteiger partial charge in [0.05, 0.1) is 18.9 Å². The highest BCUT2D eigenvalue weighted by molar-refractivity contribution is 6.05. The number of ether oxygens (including phenoxy) is 2. The van der Waals surface area contributed by atoms with Crippen molar-refractivity contribution in [3.8, 4) is 11.5 Å². The molecule has 7 nitrogen and oxygen atoms in total. The van der Waals surface area contributed by atoms with Gasteiger partial charge in [-0.15, -0.1) is 0 Å². The van der Waals surface area contributed by atoms with Crippen LogP contribution in [0.2, 0.25) is 0 Å². The molecule has 3 N–H and O–H groups in total. The molecule has 0 spiro atoms. The van der Waals surface area contributed by atoms with Gasteiger partial charge in [-0.05, 0) is 49.8 Å². The monoisotopic (exact) mass is 392 g/mol. The van der Waals surface area contributed by atoms with Gasteiger partial charge in [-0.25, -0.2) is 5.48 Å². The molecule has 0 heterocycles. The Balaban J connectivity index is 0.00000136. The summed E-state index contributed by atoms with van der Waals surface area (Å²) in [5.41, 5.74) is 3.69. The first-order valence-electron chi connectivity index (χ1n) is 10.2. The fourth-order valence-electron chi connectivity index (χ4n) is 3.88. The summed E-state index contributed by atoms with van der Waals surface area (Å²) in [6, 6.07) is 3.69. The summed E-state index contributed by atoms with van der Waals surface area (Å²) in [6.07, 6.45) is 7.72. The zero-order valence-electron chi connectivity index (χ0n) is 17.0. The first-order chi connectivity index (χ1) is 13.7. The van der Waals surface area contributed by atoms with Gasteiger partial charge in [-0.1, -0.05) is 31.8 Å². The SMILES string of the molecule is CC.COc1cc2c(cc1OC1CCCCCC1)CC(C(=O)NO)C/C2=N\O. The lowest BCUT2D eigenvalue weighted by molar-refractivity contribution is -0.133. The number of hydrogen-bond donors (Lipinski definition) is 3. The van der Waals surface area contributed by atoms with E-state index in [1.54, 1.807) is 12.6 Å². The van der Waals surface area contributed by atoms with Crippen molar-refractivity contribution in [2.24, 2.45) is 11.1 Å². The average Bonchev–Trinajstić information content (AvgIpc) is 3.01. The number of carbonyl (C=O) groups is 1. The van der Waals surface area contributed by atoms with Crippen molar-refractivity contribution in [1.29, 1.82) is 0 Å². The molecule has 1 amide bonds. The Labute approximate surface area is 166 Å². The minimum Gasteiger partial charge on any atom is -0.493 e. The molecule has 1 aromatic carbocycles. The standard InChI is InChI=1S/C19H26N2O5.C2H6/c1-25-17-11-15-12(8-13(19(22)21-24)9-16(15)20-23)10-18(17)26-14-6-4-2-3-5-7-14;1-2/h10-11,13-14,23-24H,2-9H2,1H3,(H,21,22);1-2H3/b20-16+;. The predicted molar refractivity (Wildman–Crippen MR) is 107 cm³/mol. The van der Waals surface area contributed by atoms with Crippen molar-refractivity contribution in [3.05, 3.63) is 23.3 Å². The second-order valence-electron chi connectivity index (χ2n) is 7.02. The maximum Gasteiger partial charge on any atom is 0.247 e. The van der Waals surface area contributed by atoms with E-state index in [1.807, 2.05) is 26.0 Å². The fourth-order valence-corrected chi connectivity index (χ4v) is 3.88. The molecule has 2 aliphatic carbocycles. The molecule has 1 saturated carbocycles. The summed E-state index contributed by atoms with van der Waals surface area (Å²) in [5.74, 6) is 0.274. The van der Waals surface area contributed by atoms with Gasteiger partial charge in [-0.2, -0.15) is 0 Å².